The highest BCUT2D eigenvalue weighted by Crippen LogP contribution is 2.47. The van der Waals surface area contributed by atoms with Crippen molar-refractivity contribution in [2.24, 2.45) is 10.9 Å². The van der Waals surface area contributed by atoms with Crippen LogP contribution in [0.1, 0.15) is 49.7 Å². The fourth-order valence-corrected chi connectivity index (χ4v) is 5.18. The second kappa shape index (κ2) is 11.6. The SMILES string of the molecule is CCOCCOC(=O)C1C(C)=NC2=C(C(=O)C[C@H](c3ccc(OC)c(OC)c3)C2)[C@H]1c1ccc(O)cc1. The van der Waals surface area contributed by atoms with E-state index in [1.54, 1.807) is 45.4 Å². The summed E-state index contributed by atoms with van der Waals surface area (Å²) in [7, 11) is 3.17. The van der Waals surface area contributed by atoms with Crippen LogP contribution in [0.2, 0.25) is 0 Å². The Kier molecular flexibility index (Phi) is 8.28. The number of phenolic OH excluding ortho intramolecular Hbond substituents is 1. The van der Waals surface area contributed by atoms with E-state index in [4.69, 9.17) is 23.9 Å². The van der Waals surface area contributed by atoms with Crippen LogP contribution in [0.15, 0.2) is 58.7 Å². The molecule has 0 radical (unpaired) electrons. The first-order chi connectivity index (χ1) is 17.9. The molecule has 0 aromatic heterocycles. The third kappa shape index (κ3) is 5.54. The Hall–Kier alpha value is -3.65. The summed E-state index contributed by atoms with van der Waals surface area (Å²) in [6, 6.07) is 12.3. The molecule has 0 spiro atoms. The van der Waals surface area contributed by atoms with Crippen molar-refractivity contribution in [1.29, 1.82) is 0 Å². The number of ketones is 1. The van der Waals surface area contributed by atoms with E-state index in [0.29, 0.717) is 48.1 Å². The summed E-state index contributed by atoms with van der Waals surface area (Å²) in [6.45, 7) is 4.63. The number of rotatable bonds is 9. The molecule has 1 aliphatic carbocycles. The van der Waals surface area contributed by atoms with Gasteiger partial charge in [-0.15, -0.1) is 0 Å². The number of carbonyl (C=O) groups is 2. The van der Waals surface area contributed by atoms with E-state index in [-0.39, 0.29) is 30.5 Å². The molecule has 8 heteroatoms. The summed E-state index contributed by atoms with van der Waals surface area (Å²) >= 11 is 0. The molecule has 0 amide bonds. The molecule has 0 saturated heterocycles. The number of hydrogen-bond donors (Lipinski definition) is 1. The average Bonchev–Trinajstić information content (AvgIpc) is 2.90. The van der Waals surface area contributed by atoms with Crippen LogP contribution < -0.4 is 9.47 Å². The Morgan fingerprint density at radius 2 is 1.70 bits per heavy atom. The number of methoxy groups -OCH3 is 2. The van der Waals surface area contributed by atoms with Gasteiger partial charge < -0.3 is 24.1 Å². The molecule has 8 nitrogen and oxygen atoms in total. The van der Waals surface area contributed by atoms with Gasteiger partial charge in [-0.3, -0.25) is 14.6 Å². The zero-order valence-electron chi connectivity index (χ0n) is 21.7. The van der Waals surface area contributed by atoms with Gasteiger partial charge in [-0.1, -0.05) is 18.2 Å². The van der Waals surface area contributed by atoms with Gasteiger partial charge in [-0.25, -0.2) is 0 Å². The van der Waals surface area contributed by atoms with Crippen LogP contribution in [0.4, 0.5) is 0 Å². The molecule has 37 heavy (non-hydrogen) atoms. The topological polar surface area (TPSA) is 104 Å². The number of aromatic hydroxyl groups is 1. The van der Waals surface area contributed by atoms with Crippen molar-refractivity contribution >= 4 is 17.5 Å². The molecule has 1 aliphatic heterocycles. The van der Waals surface area contributed by atoms with E-state index in [1.807, 2.05) is 25.1 Å². The van der Waals surface area contributed by atoms with Gasteiger partial charge in [0.2, 0.25) is 0 Å². The molecule has 0 fully saturated rings. The minimum Gasteiger partial charge on any atom is -0.508 e. The van der Waals surface area contributed by atoms with Crippen molar-refractivity contribution in [2.45, 2.75) is 38.5 Å². The van der Waals surface area contributed by atoms with E-state index in [9.17, 15) is 14.7 Å². The van der Waals surface area contributed by atoms with E-state index < -0.39 is 17.8 Å². The molecule has 196 valence electrons. The largest absolute Gasteiger partial charge is 0.508 e. The number of esters is 1. The molecule has 0 saturated carbocycles. The number of aliphatic imine (C=N–C) groups is 1. The molecular weight excluding hydrogens is 474 g/mol. The molecule has 1 heterocycles. The minimum atomic E-state index is -0.744. The summed E-state index contributed by atoms with van der Waals surface area (Å²) in [5, 5.41) is 9.85. The lowest BCUT2D eigenvalue weighted by Gasteiger charge is -2.36. The van der Waals surface area contributed by atoms with Gasteiger partial charge >= 0.3 is 5.97 Å². The van der Waals surface area contributed by atoms with Crippen molar-refractivity contribution in [1.82, 2.24) is 0 Å². The summed E-state index contributed by atoms with van der Waals surface area (Å²) in [6.07, 6.45) is 0.832. The first-order valence-corrected chi connectivity index (χ1v) is 12.4. The molecular formula is C29H33NO7. The van der Waals surface area contributed by atoms with Gasteiger partial charge in [0.05, 0.1) is 20.8 Å². The molecule has 3 atom stereocenters. The van der Waals surface area contributed by atoms with Gasteiger partial charge in [-0.2, -0.15) is 0 Å². The zero-order valence-corrected chi connectivity index (χ0v) is 21.7. The maximum atomic E-state index is 13.7. The third-order valence-corrected chi connectivity index (χ3v) is 6.95. The highest BCUT2D eigenvalue weighted by Gasteiger charge is 2.44. The van der Waals surface area contributed by atoms with Crippen LogP contribution in [0.25, 0.3) is 0 Å². The van der Waals surface area contributed by atoms with Gasteiger partial charge in [-0.05, 0) is 61.6 Å². The Balaban J connectivity index is 1.70. The first kappa shape index (κ1) is 26.4. The quantitative estimate of drug-likeness (QED) is 0.392. The molecule has 2 aliphatic rings. The molecule has 1 N–H and O–H groups in total. The second-order valence-electron chi connectivity index (χ2n) is 9.17. The van der Waals surface area contributed by atoms with Crippen molar-refractivity contribution < 1.29 is 33.6 Å². The number of hydrogen-bond acceptors (Lipinski definition) is 8. The van der Waals surface area contributed by atoms with Gasteiger partial charge in [0.25, 0.3) is 0 Å². The van der Waals surface area contributed by atoms with E-state index in [0.717, 1.165) is 11.1 Å². The summed E-state index contributed by atoms with van der Waals surface area (Å²) in [5.74, 6) is -0.539. The maximum absolute atomic E-state index is 13.7. The van der Waals surface area contributed by atoms with Crippen LogP contribution in [0.3, 0.4) is 0 Å². The predicted octanol–water partition coefficient (Wildman–Crippen LogP) is 4.56. The Morgan fingerprint density at radius 1 is 1.00 bits per heavy atom. The van der Waals surface area contributed by atoms with E-state index in [2.05, 4.69) is 0 Å². The normalized spacial score (nSPS) is 21.2. The van der Waals surface area contributed by atoms with Crippen molar-refractivity contribution in [3.05, 3.63) is 64.9 Å². The third-order valence-electron chi connectivity index (χ3n) is 6.95. The lowest BCUT2D eigenvalue weighted by Crippen LogP contribution is -2.38. The van der Waals surface area contributed by atoms with Gasteiger partial charge in [0.1, 0.15) is 18.3 Å². The number of allylic oxidation sites excluding steroid dienone is 2. The van der Waals surface area contributed by atoms with Crippen LogP contribution in [-0.2, 0) is 19.1 Å². The molecule has 1 unspecified atom stereocenters. The van der Waals surface area contributed by atoms with Crippen molar-refractivity contribution in [2.75, 3.05) is 34.0 Å². The van der Waals surface area contributed by atoms with Crippen LogP contribution in [0, 0.1) is 5.92 Å². The summed E-state index contributed by atoms with van der Waals surface area (Å²) in [4.78, 5) is 31.7. The standard InChI is InChI=1S/C29H33NO7/c1-5-36-12-13-37-29(33)26-17(2)30-22-14-20(19-8-11-24(34-3)25(16-19)35-4)15-23(32)28(22)27(26)18-6-9-21(31)10-7-18/h6-11,16,20,26-27,31H,5,12-15H2,1-4H3/t20-,26?,27+/m1/s1. The molecule has 2 aromatic rings. The fourth-order valence-electron chi connectivity index (χ4n) is 5.18. The number of carbonyl (C=O) groups excluding carboxylic acids is 2. The van der Waals surface area contributed by atoms with E-state index in [1.165, 1.54) is 0 Å². The highest BCUT2D eigenvalue weighted by molar-refractivity contribution is 6.09. The predicted molar refractivity (Wildman–Crippen MR) is 138 cm³/mol. The minimum absolute atomic E-state index is 0.0533. The van der Waals surface area contributed by atoms with Crippen LogP contribution in [0.5, 0.6) is 17.2 Å². The molecule has 4 rings (SSSR count). The first-order valence-electron chi connectivity index (χ1n) is 12.4. The number of ether oxygens (including phenoxy) is 4. The number of nitrogens with zero attached hydrogens (tertiary/aromatic N) is 1. The number of phenols is 1. The van der Waals surface area contributed by atoms with E-state index >= 15 is 0 Å². The van der Waals surface area contributed by atoms with Crippen molar-refractivity contribution in [3.8, 4) is 17.2 Å². The average molecular weight is 508 g/mol. The van der Waals surface area contributed by atoms with Crippen LogP contribution in [-0.4, -0.2) is 56.6 Å². The second-order valence-corrected chi connectivity index (χ2v) is 9.17. The zero-order chi connectivity index (χ0) is 26.5. The Bertz CT molecular complexity index is 1220. The van der Waals surface area contributed by atoms with Crippen LogP contribution >= 0.6 is 0 Å². The maximum Gasteiger partial charge on any atom is 0.315 e. The summed E-state index contributed by atoms with van der Waals surface area (Å²) < 4.78 is 21.6. The smallest absolute Gasteiger partial charge is 0.315 e. The lowest BCUT2D eigenvalue weighted by molar-refractivity contribution is -0.148. The molecule has 2 aromatic carbocycles. The Morgan fingerprint density at radius 3 is 2.38 bits per heavy atom. The highest BCUT2D eigenvalue weighted by atomic mass is 16.6. The lowest BCUT2D eigenvalue weighted by atomic mass is 9.69. The van der Waals surface area contributed by atoms with Gasteiger partial charge in [0.15, 0.2) is 17.3 Å². The number of Topliss-reactive ketones (excluding diaryl/α,β-unsaturated/α-hetero) is 1. The Labute approximate surface area is 216 Å². The monoisotopic (exact) mass is 507 g/mol. The van der Waals surface area contributed by atoms with Crippen molar-refractivity contribution in [3.63, 3.8) is 0 Å². The van der Waals surface area contributed by atoms with Gasteiger partial charge in [0, 0.05) is 35.9 Å². The number of benzene rings is 2. The fraction of sp³-hybridized carbons (Fsp3) is 0.414. The molecule has 0 bridgehead atoms. The summed E-state index contributed by atoms with van der Waals surface area (Å²) in [5.41, 5.74) is 3.54.